The summed E-state index contributed by atoms with van der Waals surface area (Å²) in [5.41, 5.74) is 0. The maximum absolute atomic E-state index is 9.68. The second-order valence-electron chi connectivity index (χ2n) is 4.59. The van der Waals surface area contributed by atoms with Crippen molar-refractivity contribution in [3.8, 4) is 0 Å². The lowest BCUT2D eigenvalue weighted by Gasteiger charge is -2.16. The molecule has 101 valence electrons. The first kappa shape index (κ1) is 14.9. The second kappa shape index (κ2) is 8.86. The zero-order valence-corrected chi connectivity index (χ0v) is 10.7. The van der Waals surface area contributed by atoms with E-state index in [2.05, 4.69) is 6.92 Å². The van der Waals surface area contributed by atoms with Gasteiger partial charge in [0.15, 0.2) is 0 Å². The van der Waals surface area contributed by atoms with Crippen LogP contribution in [0.3, 0.4) is 0 Å². The van der Waals surface area contributed by atoms with Crippen LogP contribution in [0, 0.1) is 6.61 Å². The van der Waals surface area contributed by atoms with E-state index in [-0.39, 0.29) is 12.7 Å². The first-order chi connectivity index (χ1) is 8.29. The van der Waals surface area contributed by atoms with Gasteiger partial charge in [-0.15, -0.1) is 0 Å². The lowest BCUT2D eigenvalue weighted by molar-refractivity contribution is -0.0282. The van der Waals surface area contributed by atoms with Gasteiger partial charge in [0.25, 0.3) is 0 Å². The van der Waals surface area contributed by atoms with Crippen LogP contribution in [0.25, 0.3) is 0 Å². The van der Waals surface area contributed by atoms with Crippen molar-refractivity contribution in [1.82, 2.24) is 0 Å². The fourth-order valence-corrected chi connectivity index (χ4v) is 1.94. The highest BCUT2D eigenvalue weighted by Gasteiger charge is 2.36. The van der Waals surface area contributed by atoms with Crippen LogP contribution in [0.4, 0.5) is 0 Å². The summed E-state index contributed by atoms with van der Waals surface area (Å²) in [4.78, 5) is 0. The molecule has 0 aromatic rings. The average Bonchev–Trinajstić information content (AvgIpc) is 2.69. The van der Waals surface area contributed by atoms with Gasteiger partial charge in [-0.2, -0.15) is 0 Å². The third-order valence-electron chi connectivity index (χ3n) is 3.09. The van der Waals surface area contributed by atoms with Crippen LogP contribution in [0.5, 0.6) is 0 Å². The highest BCUT2D eigenvalue weighted by molar-refractivity contribution is 4.90. The molecule has 0 unspecified atom stereocenters. The molecule has 0 aliphatic carbocycles. The molecule has 3 atom stereocenters. The Morgan fingerprint density at radius 1 is 1.18 bits per heavy atom. The largest absolute Gasteiger partial charge is 0.394 e. The number of unbranched alkanes of at least 4 members (excludes halogenated alkanes) is 5. The van der Waals surface area contributed by atoms with Crippen molar-refractivity contribution < 1.29 is 19.7 Å². The van der Waals surface area contributed by atoms with Gasteiger partial charge in [-0.05, 0) is 6.42 Å². The van der Waals surface area contributed by atoms with E-state index in [0.717, 1.165) is 6.42 Å². The fourth-order valence-electron chi connectivity index (χ4n) is 1.94. The Labute approximate surface area is 104 Å². The molecule has 1 aliphatic rings. The number of aliphatic hydroxyl groups excluding tert-OH is 2. The Morgan fingerprint density at radius 2 is 1.88 bits per heavy atom. The van der Waals surface area contributed by atoms with Crippen molar-refractivity contribution in [2.75, 3.05) is 13.2 Å². The summed E-state index contributed by atoms with van der Waals surface area (Å²) in [6.45, 7) is 4.17. The molecule has 1 heterocycles. The molecule has 1 fully saturated rings. The van der Waals surface area contributed by atoms with Crippen molar-refractivity contribution in [2.45, 2.75) is 63.8 Å². The van der Waals surface area contributed by atoms with Crippen LogP contribution in [-0.4, -0.2) is 41.7 Å². The average molecular weight is 245 g/mol. The molecule has 1 saturated heterocycles. The van der Waals surface area contributed by atoms with E-state index in [1.165, 1.54) is 38.7 Å². The normalized spacial score (nSPS) is 28.8. The van der Waals surface area contributed by atoms with E-state index >= 15 is 0 Å². The molecular formula is C13H25O4. The number of aliphatic hydroxyl groups is 2. The minimum absolute atomic E-state index is 0.172. The topological polar surface area (TPSA) is 58.9 Å². The van der Waals surface area contributed by atoms with Crippen LogP contribution in [0.1, 0.15) is 45.4 Å². The minimum Gasteiger partial charge on any atom is -0.394 e. The van der Waals surface area contributed by atoms with Crippen molar-refractivity contribution in [2.24, 2.45) is 0 Å². The Morgan fingerprint density at radius 3 is 2.53 bits per heavy atom. The third kappa shape index (κ3) is 5.34. The summed E-state index contributed by atoms with van der Waals surface area (Å²) in [5.74, 6) is 0. The maximum Gasteiger partial charge on any atom is 0.116 e. The molecule has 2 N–H and O–H groups in total. The van der Waals surface area contributed by atoms with Gasteiger partial charge in [0.1, 0.15) is 24.9 Å². The molecule has 1 rings (SSSR count). The summed E-state index contributed by atoms with van der Waals surface area (Å²) in [6, 6.07) is 0. The van der Waals surface area contributed by atoms with E-state index in [1.807, 2.05) is 0 Å². The van der Waals surface area contributed by atoms with Crippen molar-refractivity contribution in [3.05, 3.63) is 6.61 Å². The number of hydrogen-bond acceptors (Lipinski definition) is 4. The molecule has 4 nitrogen and oxygen atoms in total. The first-order valence-electron chi connectivity index (χ1n) is 6.69. The van der Waals surface area contributed by atoms with E-state index in [9.17, 15) is 5.11 Å². The van der Waals surface area contributed by atoms with Crippen LogP contribution < -0.4 is 0 Å². The Hall–Kier alpha value is -0.160. The smallest absolute Gasteiger partial charge is 0.116 e. The van der Waals surface area contributed by atoms with Gasteiger partial charge >= 0.3 is 0 Å². The van der Waals surface area contributed by atoms with Gasteiger partial charge in [0.05, 0.1) is 6.61 Å². The monoisotopic (exact) mass is 245 g/mol. The highest BCUT2D eigenvalue weighted by Crippen LogP contribution is 2.20. The second-order valence-corrected chi connectivity index (χ2v) is 4.59. The zero-order valence-electron chi connectivity index (χ0n) is 10.7. The number of ether oxygens (including phenoxy) is 2. The summed E-state index contributed by atoms with van der Waals surface area (Å²) >= 11 is 0. The Kier molecular flexibility index (Phi) is 7.77. The predicted octanol–water partition coefficient (Wildman–Crippen LogP) is 1.65. The zero-order chi connectivity index (χ0) is 12.5. The van der Waals surface area contributed by atoms with Crippen molar-refractivity contribution in [1.29, 1.82) is 0 Å². The standard InChI is InChI=1S/C13H25O4/c1-2-3-4-5-6-7-8-16-12-10-17-11(9-14)13(12)15/h10-15H,2-9H2,1H3/t11-,12+,13-/m1/s1. The van der Waals surface area contributed by atoms with Crippen LogP contribution >= 0.6 is 0 Å². The van der Waals surface area contributed by atoms with Gasteiger partial charge in [0.2, 0.25) is 0 Å². The third-order valence-corrected chi connectivity index (χ3v) is 3.09. The molecule has 0 saturated carbocycles. The van der Waals surface area contributed by atoms with E-state index in [4.69, 9.17) is 14.6 Å². The van der Waals surface area contributed by atoms with E-state index in [1.54, 1.807) is 0 Å². The van der Waals surface area contributed by atoms with Gasteiger partial charge in [-0.1, -0.05) is 39.0 Å². The van der Waals surface area contributed by atoms with Gasteiger partial charge in [0, 0.05) is 6.61 Å². The molecule has 0 amide bonds. The molecular weight excluding hydrogens is 220 g/mol. The predicted molar refractivity (Wildman–Crippen MR) is 65.4 cm³/mol. The molecule has 17 heavy (non-hydrogen) atoms. The molecule has 0 bridgehead atoms. The van der Waals surface area contributed by atoms with Crippen molar-refractivity contribution in [3.63, 3.8) is 0 Å². The summed E-state index contributed by atoms with van der Waals surface area (Å²) < 4.78 is 10.6. The summed E-state index contributed by atoms with van der Waals surface area (Å²) in [5, 5.41) is 18.6. The molecule has 0 spiro atoms. The molecule has 0 aromatic heterocycles. The maximum atomic E-state index is 9.68. The SMILES string of the molecule is CCCCCCCCO[C@H]1[CH]O[C@H](CO)[C@H]1O. The van der Waals surface area contributed by atoms with Crippen molar-refractivity contribution >= 4 is 0 Å². The molecule has 4 heteroatoms. The van der Waals surface area contributed by atoms with E-state index < -0.39 is 12.2 Å². The number of hydrogen-bond donors (Lipinski definition) is 2. The first-order valence-corrected chi connectivity index (χ1v) is 6.69. The quantitative estimate of drug-likeness (QED) is 0.606. The molecule has 1 aliphatic heterocycles. The van der Waals surface area contributed by atoms with E-state index in [0.29, 0.717) is 6.61 Å². The Bertz CT molecular complexity index is 186. The lowest BCUT2D eigenvalue weighted by Crippen LogP contribution is -2.33. The van der Waals surface area contributed by atoms with Gasteiger partial charge in [-0.25, -0.2) is 0 Å². The van der Waals surface area contributed by atoms with Crippen LogP contribution in [-0.2, 0) is 9.47 Å². The minimum atomic E-state index is -0.736. The summed E-state index contributed by atoms with van der Waals surface area (Å²) in [6.07, 6.45) is 5.67. The summed E-state index contributed by atoms with van der Waals surface area (Å²) in [7, 11) is 0. The van der Waals surface area contributed by atoms with Gasteiger partial charge in [-0.3, -0.25) is 0 Å². The highest BCUT2D eigenvalue weighted by atomic mass is 16.6. The Balaban J connectivity index is 1.96. The molecule has 0 aromatic carbocycles. The van der Waals surface area contributed by atoms with Crippen LogP contribution in [0.2, 0.25) is 0 Å². The fraction of sp³-hybridized carbons (Fsp3) is 0.923. The lowest BCUT2D eigenvalue weighted by atomic mass is 10.1. The molecule has 1 radical (unpaired) electrons. The number of rotatable bonds is 9. The van der Waals surface area contributed by atoms with Gasteiger partial charge < -0.3 is 19.7 Å². The van der Waals surface area contributed by atoms with Crippen LogP contribution in [0.15, 0.2) is 0 Å².